The van der Waals surface area contributed by atoms with E-state index in [2.05, 4.69) is 339 Å². The van der Waals surface area contributed by atoms with Gasteiger partial charge in [-0.05, 0) is 145 Å². The first-order valence-corrected chi connectivity index (χ1v) is 39.3. The molecule has 1 aliphatic heterocycles. The lowest BCUT2D eigenvalue weighted by Gasteiger charge is -2.22. The molecule has 100 heavy (non-hydrogen) atoms. The second kappa shape index (κ2) is 35.9. The summed E-state index contributed by atoms with van der Waals surface area (Å²) in [5.41, 5.74) is 9.89. The SMILES string of the molecule is CC(C)c1ccc(C(C)(C)C)cc1.CC(C)c1ccc2ccc3cccc4ccc1c2c34.CC(C)c1ccc2ccccc2n1.CC(C)c1cccc2c1Sc1ccccc1S2.C[SiH](c1ccccc1)c1ccccc1.Cc1c(F)c(F)c(C(C)C)c(F)c1F.Cc1ccc(C(C)C)cc1. The Bertz CT molecular complexity index is 4640. The first-order valence-electron chi connectivity index (χ1n) is 35.3. The largest absolute Gasteiger partial charge is 0.253 e. The van der Waals surface area contributed by atoms with Gasteiger partial charge < -0.3 is 0 Å². The van der Waals surface area contributed by atoms with Crippen LogP contribution in [0.4, 0.5) is 17.6 Å². The number of hydrogen-bond acceptors (Lipinski definition) is 3. The molecule has 2 heterocycles. The van der Waals surface area contributed by atoms with E-state index in [1.54, 1.807) is 0 Å². The average molecular weight is 1390 g/mol. The Morgan fingerprint density at radius 2 is 0.800 bits per heavy atom. The van der Waals surface area contributed by atoms with E-state index in [1.807, 2.05) is 35.7 Å². The van der Waals surface area contributed by atoms with Crippen molar-refractivity contribution in [2.24, 2.45) is 0 Å². The normalized spacial score (nSPS) is 11.7. The molecule has 0 saturated carbocycles. The summed E-state index contributed by atoms with van der Waals surface area (Å²) in [5, 5.41) is 12.5. The molecule has 0 aliphatic carbocycles. The lowest BCUT2D eigenvalue weighted by Crippen LogP contribution is -2.38. The van der Waals surface area contributed by atoms with Gasteiger partial charge in [0, 0.05) is 41.8 Å². The van der Waals surface area contributed by atoms with Gasteiger partial charge in [-0.1, -0.05) is 362 Å². The summed E-state index contributed by atoms with van der Waals surface area (Å²) < 4.78 is 52.4. The van der Waals surface area contributed by atoms with E-state index in [0.717, 1.165) is 12.4 Å². The van der Waals surface area contributed by atoms with Crippen molar-refractivity contribution in [3.8, 4) is 0 Å². The number of pyridine rings is 1. The minimum atomic E-state index is -1.31. The molecule has 0 bridgehead atoms. The maximum atomic E-state index is 13.2. The van der Waals surface area contributed by atoms with Gasteiger partial charge in [0.05, 0.1) is 14.3 Å². The van der Waals surface area contributed by atoms with Gasteiger partial charge in [-0.2, -0.15) is 0 Å². The third kappa shape index (κ3) is 20.0. The number of benzene rings is 12. The first-order chi connectivity index (χ1) is 47.6. The highest BCUT2D eigenvalue weighted by molar-refractivity contribution is 8.05. The third-order valence-electron chi connectivity index (χ3n) is 18.2. The van der Waals surface area contributed by atoms with Crippen molar-refractivity contribution in [1.82, 2.24) is 4.98 Å². The van der Waals surface area contributed by atoms with Gasteiger partial charge in [-0.25, -0.2) is 17.6 Å². The van der Waals surface area contributed by atoms with Gasteiger partial charge in [-0.3, -0.25) is 4.98 Å². The number of fused-ring (bicyclic) bond motifs is 3. The molecular weight excluding hydrogens is 1290 g/mol. The minimum absolute atomic E-state index is 0.273. The molecule has 8 heteroatoms. The molecule has 518 valence electrons. The van der Waals surface area contributed by atoms with Crippen LogP contribution in [0, 0.1) is 37.1 Å². The Kier molecular flexibility index (Phi) is 27.8. The van der Waals surface area contributed by atoms with Gasteiger partial charge in [0.2, 0.25) is 0 Å². The quantitative estimate of drug-likeness (QED) is 0.0651. The maximum absolute atomic E-state index is 13.2. The van der Waals surface area contributed by atoms with Crippen molar-refractivity contribution in [2.45, 2.75) is 185 Å². The Hall–Kier alpha value is -8.27. The lowest BCUT2D eigenvalue weighted by atomic mass is 9.86. The number of aromatic nitrogens is 1. The molecule has 0 amide bonds. The predicted octanol–water partition coefficient (Wildman–Crippen LogP) is 27.0. The number of aryl methyl sites for hydroxylation is 1. The zero-order valence-electron chi connectivity index (χ0n) is 61.9. The standard InChI is InChI=1S/C19H16.C15H14S2.C13H14Si.C13H20.C12H13N.C10H10F4.C10H14/c1-12(2)16-10-8-15-7-6-13-4-3-5-14-9-11-17(16)19(15)18(13)14;1-10(2)11-6-5-9-14-15(11)17-13-8-4-3-7-12(13)16-14;1-14(12-8-4-2-5-9-12)13-10-6-3-7-11-13;1-10(2)11-6-8-12(9-7-11)13(3,4)5;1-9(2)11-8-7-10-5-3-4-6-12(10)13-11;1-4(2)6-9(13)7(11)5(3)8(12)10(6)14;1-8(2)10-6-4-9(3)5-7-10/h3-12H,1-2H3;3-10H,1-2H3;2-11,14H,1H3;6-10H,1-5H3;3-9H,1-2H3;4H,1-3H3;4-8H,1-3H3. The van der Waals surface area contributed by atoms with E-state index < -0.39 is 49.1 Å². The number of hydrogen-bond donors (Lipinski definition) is 0. The molecular formula is C92H101F4NS2Si. The van der Waals surface area contributed by atoms with Crippen LogP contribution in [-0.4, -0.2) is 13.8 Å². The van der Waals surface area contributed by atoms with E-state index in [1.165, 1.54) is 121 Å². The summed E-state index contributed by atoms with van der Waals surface area (Å²) in [6.45, 7) is 37.5. The predicted molar refractivity (Wildman–Crippen MR) is 430 cm³/mol. The van der Waals surface area contributed by atoms with Crippen LogP contribution in [0.15, 0.2) is 262 Å². The van der Waals surface area contributed by atoms with Crippen LogP contribution in [0.5, 0.6) is 0 Å². The van der Waals surface area contributed by atoms with Crippen LogP contribution in [-0.2, 0) is 5.41 Å². The number of halogens is 4. The van der Waals surface area contributed by atoms with Crippen molar-refractivity contribution < 1.29 is 17.6 Å². The van der Waals surface area contributed by atoms with E-state index in [0.29, 0.717) is 29.6 Å². The summed E-state index contributed by atoms with van der Waals surface area (Å²) in [6.07, 6.45) is 0. The van der Waals surface area contributed by atoms with Gasteiger partial charge in [-0.15, -0.1) is 0 Å². The van der Waals surface area contributed by atoms with Crippen molar-refractivity contribution in [3.05, 3.63) is 316 Å². The number of nitrogens with zero attached hydrogens (tertiary/aromatic N) is 1. The van der Waals surface area contributed by atoms with Gasteiger partial charge in [0.25, 0.3) is 0 Å². The molecule has 1 nitrogen and oxygen atoms in total. The van der Waals surface area contributed by atoms with Crippen LogP contribution in [0.3, 0.4) is 0 Å². The monoisotopic (exact) mass is 1390 g/mol. The maximum Gasteiger partial charge on any atom is 0.165 e. The van der Waals surface area contributed by atoms with Crippen molar-refractivity contribution in [1.29, 1.82) is 0 Å². The first kappa shape index (κ1) is 77.5. The third-order valence-corrected chi connectivity index (χ3v) is 23.6. The van der Waals surface area contributed by atoms with Crippen molar-refractivity contribution in [3.63, 3.8) is 0 Å². The minimum Gasteiger partial charge on any atom is -0.253 e. The zero-order chi connectivity index (χ0) is 72.5. The van der Waals surface area contributed by atoms with Crippen molar-refractivity contribution in [2.75, 3.05) is 0 Å². The highest BCUT2D eigenvalue weighted by Gasteiger charge is 2.25. The number of rotatable bonds is 8. The molecule has 0 N–H and O–H groups in total. The Morgan fingerprint density at radius 3 is 1.31 bits per heavy atom. The Morgan fingerprint density at radius 1 is 0.360 bits per heavy atom. The van der Waals surface area contributed by atoms with Crippen LogP contribution < -0.4 is 10.4 Å². The highest BCUT2D eigenvalue weighted by atomic mass is 32.2. The van der Waals surface area contributed by atoms with Crippen LogP contribution in [0.1, 0.15) is 190 Å². The van der Waals surface area contributed by atoms with Crippen LogP contribution in [0.2, 0.25) is 6.55 Å². The summed E-state index contributed by atoms with van der Waals surface area (Å²) in [7, 11) is -0.919. The van der Waals surface area contributed by atoms with E-state index in [-0.39, 0.29) is 5.41 Å². The van der Waals surface area contributed by atoms with Crippen LogP contribution in [0.25, 0.3) is 43.2 Å². The smallest absolute Gasteiger partial charge is 0.165 e. The second-order valence-corrected chi connectivity index (χ2v) is 33.7. The molecule has 0 radical (unpaired) electrons. The number of para-hydroxylation sites is 1. The van der Waals surface area contributed by atoms with E-state index >= 15 is 0 Å². The fourth-order valence-corrected chi connectivity index (χ4v) is 16.5. The molecule has 13 aromatic rings. The molecule has 1 aromatic heterocycles. The Labute approximate surface area is 605 Å². The second-order valence-electron chi connectivity index (χ2n) is 28.8. The summed E-state index contributed by atoms with van der Waals surface area (Å²) in [5.74, 6) is -2.88. The molecule has 0 atom stereocenters. The van der Waals surface area contributed by atoms with Crippen molar-refractivity contribution >= 4 is 85.9 Å². The molecule has 1 aliphatic rings. The van der Waals surface area contributed by atoms with Gasteiger partial charge in [0.15, 0.2) is 23.3 Å². The molecule has 0 spiro atoms. The van der Waals surface area contributed by atoms with E-state index in [4.69, 9.17) is 0 Å². The average Bonchev–Trinajstić information content (AvgIpc) is 0.748. The van der Waals surface area contributed by atoms with Gasteiger partial charge >= 0.3 is 0 Å². The lowest BCUT2D eigenvalue weighted by molar-refractivity contribution is 0.425. The summed E-state index contributed by atoms with van der Waals surface area (Å²) in [4.78, 5) is 10.2. The summed E-state index contributed by atoms with van der Waals surface area (Å²) >= 11 is 3.81. The molecule has 0 fully saturated rings. The highest BCUT2D eigenvalue weighted by Crippen LogP contribution is 2.50. The fraction of sp³-hybridized carbons (Fsp3) is 0.272. The van der Waals surface area contributed by atoms with Gasteiger partial charge in [0.1, 0.15) is 0 Å². The van der Waals surface area contributed by atoms with Crippen LogP contribution >= 0.6 is 23.5 Å². The topological polar surface area (TPSA) is 12.9 Å². The molecule has 0 saturated heterocycles. The molecule has 0 unspecified atom stereocenters. The zero-order valence-corrected chi connectivity index (χ0v) is 64.7. The fourth-order valence-electron chi connectivity index (χ4n) is 11.9. The van der Waals surface area contributed by atoms with E-state index in [9.17, 15) is 17.6 Å². The molecule has 14 rings (SSSR count). The Balaban J connectivity index is 0.000000150. The molecule has 12 aromatic carbocycles. The summed E-state index contributed by atoms with van der Waals surface area (Å²) in [6, 6.07) is 87.2.